The van der Waals surface area contributed by atoms with Crippen molar-refractivity contribution in [2.24, 2.45) is 0 Å². The van der Waals surface area contributed by atoms with Gasteiger partial charge in [0.2, 0.25) is 0 Å². The SMILES string of the molecule is Cc1cc2c(N)nc(-c3cccc(Cl)c3F)nc2s1. The molecule has 19 heavy (non-hydrogen) atoms. The molecule has 2 N–H and O–H groups in total. The lowest BCUT2D eigenvalue weighted by molar-refractivity contribution is 0.630. The molecule has 0 atom stereocenters. The van der Waals surface area contributed by atoms with Crippen molar-refractivity contribution in [2.75, 3.05) is 5.73 Å². The van der Waals surface area contributed by atoms with Crippen LogP contribution < -0.4 is 5.73 Å². The zero-order valence-electron chi connectivity index (χ0n) is 9.95. The van der Waals surface area contributed by atoms with Gasteiger partial charge in [-0.3, -0.25) is 0 Å². The van der Waals surface area contributed by atoms with Crippen molar-refractivity contribution in [3.05, 3.63) is 40.0 Å². The van der Waals surface area contributed by atoms with Crippen LogP contribution in [0.15, 0.2) is 24.3 Å². The molecule has 0 fully saturated rings. The van der Waals surface area contributed by atoms with Gasteiger partial charge < -0.3 is 5.73 Å². The zero-order valence-corrected chi connectivity index (χ0v) is 11.5. The van der Waals surface area contributed by atoms with E-state index in [4.69, 9.17) is 17.3 Å². The Balaban J connectivity index is 2.28. The molecule has 0 saturated heterocycles. The monoisotopic (exact) mass is 293 g/mol. The highest BCUT2D eigenvalue weighted by atomic mass is 35.5. The third kappa shape index (κ3) is 2.05. The van der Waals surface area contributed by atoms with Crippen molar-refractivity contribution in [2.45, 2.75) is 6.92 Å². The second kappa shape index (κ2) is 4.43. The van der Waals surface area contributed by atoms with Gasteiger partial charge >= 0.3 is 0 Å². The van der Waals surface area contributed by atoms with Crippen molar-refractivity contribution in [3.8, 4) is 11.4 Å². The van der Waals surface area contributed by atoms with Gasteiger partial charge in [-0.2, -0.15) is 0 Å². The Bertz CT molecular complexity index is 785. The number of fused-ring (bicyclic) bond motifs is 1. The first-order chi connectivity index (χ1) is 9.06. The van der Waals surface area contributed by atoms with E-state index in [-0.39, 0.29) is 16.4 Å². The molecule has 96 valence electrons. The number of anilines is 1. The first-order valence-electron chi connectivity index (χ1n) is 5.54. The second-order valence-corrected chi connectivity index (χ2v) is 5.75. The Morgan fingerprint density at radius 1 is 1.32 bits per heavy atom. The standard InChI is InChI=1S/C13H9ClFN3S/c1-6-5-8-11(16)17-12(18-13(8)19-6)7-3-2-4-9(14)10(7)15/h2-5H,1H3,(H2,16,17,18). The number of hydrogen-bond acceptors (Lipinski definition) is 4. The van der Waals surface area contributed by atoms with Gasteiger partial charge in [-0.1, -0.05) is 17.7 Å². The minimum absolute atomic E-state index is 0.0436. The second-order valence-electron chi connectivity index (χ2n) is 4.11. The molecule has 0 bridgehead atoms. The number of aryl methyl sites for hydroxylation is 1. The van der Waals surface area contributed by atoms with E-state index in [1.807, 2.05) is 13.0 Å². The molecule has 2 aromatic heterocycles. The van der Waals surface area contributed by atoms with Crippen molar-refractivity contribution in [1.29, 1.82) is 0 Å². The zero-order chi connectivity index (χ0) is 13.6. The van der Waals surface area contributed by atoms with Gasteiger partial charge in [-0.05, 0) is 25.1 Å². The molecule has 0 aliphatic heterocycles. The Kier molecular flexibility index (Phi) is 2.88. The number of nitrogens with two attached hydrogens (primary N) is 1. The number of rotatable bonds is 1. The molecule has 0 spiro atoms. The summed E-state index contributed by atoms with van der Waals surface area (Å²) < 4.78 is 14.0. The molecule has 1 aromatic carbocycles. The maximum atomic E-state index is 14.0. The van der Waals surface area contributed by atoms with Crippen LogP contribution in [0.5, 0.6) is 0 Å². The Morgan fingerprint density at radius 2 is 2.11 bits per heavy atom. The van der Waals surface area contributed by atoms with Crippen LogP contribution in [0.1, 0.15) is 4.88 Å². The largest absolute Gasteiger partial charge is 0.383 e. The van der Waals surface area contributed by atoms with E-state index in [9.17, 15) is 4.39 Å². The molecule has 3 rings (SSSR count). The number of aromatic nitrogens is 2. The average Bonchev–Trinajstić information content (AvgIpc) is 2.74. The van der Waals surface area contributed by atoms with E-state index in [1.165, 1.54) is 17.4 Å². The minimum atomic E-state index is -0.531. The molecule has 3 nitrogen and oxygen atoms in total. The minimum Gasteiger partial charge on any atom is -0.383 e. The van der Waals surface area contributed by atoms with Crippen molar-refractivity contribution in [1.82, 2.24) is 9.97 Å². The lowest BCUT2D eigenvalue weighted by Gasteiger charge is -2.04. The molecule has 0 radical (unpaired) electrons. The predicted molar refractivity (Wildman–Crippen MR) is 77.0 cm³/mol. The molecule has 6 heteroatoms. The van der Waals surface area contributed by atoms with Crippen molar-refractivity contribution < 1.29 is 4.39 Å². The highest BCUT2D eigenvalue weighted by Crippen LogP contribution is 2.31. The fourth-order valence-electron chi connectivity index (χ4n) is 1.86. The van der Waals surface area contributed by atoms with Gasteiger partial charge in [-0.25, -0.2) is 14.4 Å². The highest BCUT2D eigenvalue weighted by molar-refractivity contribution is 7.18. The van der Waals surface area contributed by atoms with Crippen LogP contribution in [-0.2, 0) is 0 Å². The van der Waals surface area contributed by atoms with Crippen LogP contribution in [0.2, 0.25) is 5.02 Å². The van der Waals surface area contributed by atoms with E-state index < -0.39 is 5.82 Å². The van der Waals surface area contributed by atoms with E-state index in [1.54, 1.807) is 12.1 Å². The first-order valence-corrected chi connectivity index (χ1v) is 6.74. The summed E-state index contributed by atoms with van der Waals surface area (Å²) in [7, 11) is 0. The van der Waals surface area contributed by atoms with Crippen LogP contribution in [0.3, 0.4) is 0 Å². The molecule has 0 unspecified atom stereocenters. The molecular weight excluding hydrogens is 285 g/mol. The number of hydrogen-bond donors (Lipinski definition) is 1. The molecule has 2 heterocycles. The first kappa shape index (κ1) is 12.3. The normalized spacial score (nSPS) is 11.1. The number of thiophene rings is 1. The van der Waals surface area contributed by atoms with Gasteiger partial charge in [0, 0.05) is 4.88 Å². The van der Waals surface area contributed by atoms with Crippen LogP contribution >= 0.6 is 22.9 Å². The van der Waals surface area contributed by atoms with Crippen LogP contribution in [0.4, 0.5) is 10.2 Å². The van der Waals surface area contributed by atoms with Crippen molar-refractivity contribution in [3.63, 3.8) is 0 Å². The third-order valence-corrected chi connectivity index (χ3v) is 3.97. The van der Waals surface area contributed by atoms with Gasteiger partial charge in [0.05, 0.1) is 16.0 Å². The van der Waals surface area contributed by atoms with Crippen LogP contribution in [0, 0.1) is 12.7 Å². The summed E-state index contributed by atoms with van der Waals surface area (Å²) in [5.74, 6) is 0.0757. The van der Waals surface area contributed by atoms with Crippen LogP contribution in [-0.4, -0.2) is 9.97 Å². The predicted octanol–water partition coefficient (Wildman–Crippen LogP) is 4.04. The molecule has 3 aromatic rings. The summed E-state index contributed by atoms with van der Waals surface area (Å²) in [6.45, 7) is 1.96. The summed E-state index contributed by atoms with van der Waals surface area (Å²) in [4.78, 5) is 10.4. The molecular formula is C13H9ClFN3S. The van der Waals surface area contributed by atoms with E-state index in [0.29, 0.717) is 5.82 Å². The number of halogens is 2. The molecule has 0 saturated carbocycles. The summed E-state index contributed by atoms with van der Waals surface area (Å²) in [6.07, 6.45) is 0. The summed E-state index contributed by atoms with van der Waals surface area (Å²) in [6, 6.07) is 6.65. The average molecular weight is 294 g/mol. The van der Waals surface area contributed by atoms with E-state index in [2.05, 4.69) is 9.97 Å². The molecule has 0 amide bonds. The fourth-order valence-corrected chi connectivity index (χ4v) is 2.92. The maximum absolute atomic E-state index is 14.0. The van der Waals surface area contributed by atoms with Crippen molar-refractivity contribution >= 4 is 39.0 Å². The fraction of sp³-hybridized carbons (Fsp3) is 0.0769. The summed E-state index contributed by atoms with van der Waals surface area (Å²) in [5.41, 5.74) is 6.15. The lowest BCUT2D eigenvalue weighted by atomic mass is 10.2. The quantitative estimate of drug-likeness (QED) is 0.736. The Hall–Kier alpha value is -1.72. The van der Waals surface area contributed by atoms with Gasteiger partial charge in [-0.15, -0.1) is 11.3 Å². The number of nitrogen functional groups attached to an aromatic ring is 1. The van der Waals surface area contributed by atoms with E-state index >= 15 is 0 Å². The molecule has 0 aliphatic rings. The summed E-state index contributed by atoms with van der Waals surface area (Å²) >= 11 is 7.27. The van der Waals surface area contributed by atoms with Crippen LogP contribution in [0.25, 0.3) is 21.6 Å². The Labute approximate surface area is 117 Å². The van der Waals surface area contributed by atoms with E-state index in [0.717, 1.165) is 15.1 Å². The van der Waals surface area contributed by atoms with Gasteiger partial charge in [0.1, 0.15) is 10.6 Å². The summed E-state index contributed by atoms with van der Waals surface area (Å²) in [5, 5.41) is 0.843. The molecule has 0 aliphatic carbocycles. The Morgan fingerprint density at radius 3 is 2.89 bits per heavy atom. The third-order valence-electron chi connectivity index (χ3n) is 2.74. The number of nitrogens with zero attached hydrogens (tertiary/aromatic N) is 2. The van der Waals surface area contributed by atoms with Gasteiger partial charge in [0.15, 0.2) is 11.6 Å². The smallest absolute Gasteiger partial charge is 0.166 e. The maximum Gasteiger partial charge on any atom is 0.166 e. The topological polar surface area (TPSA) is 51.8 Å². The highest BCUT2D eigenvalue weighted by Gasteiger charge is 2.14. The van der Waals surface area contributed by atoms with Gasteiger partial charge in [0.25, 0.3) is 0 Å². The lowest BCUT2D eigenvalue weighted by Crippen LogP contribution is -1.97. The number of benzene rings is 1.